The van der Waals surface area contributed by atoms with E-state index < -0.39 is 0 Å². The maximum absolute atomic E-state index is 4.18. The minimum absolute atomic E-state index is 0.123. The highest BCUT2D eigenvalue weighted by atomic mass is 79.9. The Kier molecular flexibility index (Phi) is 4.63. The van der Waals surface area contributed by atoms with Crippen molar-refractivity contribution in [3.8, 4) is 0 Å². The Morgan fingerprint density at radius 2 is 1.44 bits per heavy atom. The van der Waals surface area contributed by atoms with Gasteiger partial charge in [0.25, 0.3) is 0 Å². The van der Waals surface area contributed by atoms with E-state index in [1.807, 2.05) is 0 Å². The van der Waals surface area contributed by atoms with Crippen LogP contribution in [-0.4, -0.2) is 4.45 Å². The van der Waals surface area contributed by atoms with Gasteiger partial charge in [-0.3, -0.25) is 0 Å². The topological polar surface area (TPSA) is 3.24 Å². The number of anilines is 2. The Morgan fingerprint density at radius 1 is 0.800 bits per heavy atom. The number of aryl methyl sites for hydroxylation is 1. The Labute approximate surface area is 158 Å². The van der Waals surface area contributed by atoms with Crippen LogP contribution in [0.1, 0.15) is 24.0 Å². The molecule has 0 bridgehead atoms. The molecule has 0 amide bonds. The van der Waals surface area contributed by atoms with E-state index >= 15 is 0 Å². The first kappa shape index (κ1) is 16.4. The summed E-state index contributed by atoms with van der Waals surface area (Å²) < 4.78 is -0.123. The minimum atomic E-state index is -0.123. The van der Waals surface area contributed by atoms with Crippen LogP contribution in [0.3, 0.4) is 0 Å². The molecule has 1 heterocycles. The van der Waals surface area contributed by atoms with E-state index in [2.05, 4.69) is 106 Å². The molecule has 0 N–H and O–H groups in total. The van der Waals surface area contributed by atoms with Crippen molar-refractivity contribution in [1.29, 1.82) is 0 Å². The largest absolute Gasteiger partial charge is 0.325 e. The van der Waals surface area contributed by atoms with Crippen molar-refractivity contribution in [1.82, 2.24) is 0 Å². The molecule has 0 fully saturated rings. The lowest BCUT2D eigenvalue weighted by Crippen LogP contribution is -2.42. The highest BCUT2D eigenvalue weighted by Gasteiger charge is 2.38. The molecule has 126 valence electrons. The number of fused-ring (bicyclic) bond motifs is 1. The molecule has 1 nitrogen and oxygen atoms in total. The second-order valence-electron chi connectivity index (χ2n) is 6.73. The number of hydrogen-bond donors (Lipinski definition) is 0. The zero-order valence-electron chi connectivity index (χ0n) is 14.2. The van der Waals surface area contributed by atoms with Gasteiger partial charge in [-0.1, -0.05) is 82.7 Å². The van der Waals surface area contributed by atoms with Crippen LogP contribution >= 0.6 is 15.9 Å². The molecule has 1 aliphatic rings. The number of hydrogen-bond acceptors (Lipinski definition) is 1. The summed E-state index contributed by atoms with van der Waals surface area (Å²) in [6.45, 7) is 0. The maximum Gasteiger partial charge on any atom is 0.104 e. The summed E-state index contributed by atoms with van der Waals surface area (Å²) in [6.07, 6.45) is 4.38. The highest BCUT2D eigenvalue weighted by molar-refractivity contribution is 9.10. The van der Waals surface area contributed by atoms with Crippen LogP contribution in [0.25, 0.3) is 0 Å². The Morgan fingerprint density at radius 3 is 2.20 bits per heavy atom. The monoisotopic (exact) mass is 391 g/mol. The molecule has 0 aliphatic carbocycles. The summed E-state index contributed by atoms with van der Waals surface area (Å²) in [4.78, 5) is 2.50. The predicted molar refractivity (Wildman–Crippen MR) is 110 cm³/mol. The summed E-state index contributed by atoms with van der Waals surface area (Å²) in [5, 5.41) is 0. The molecule has 1 unspecified atom stereocenters. The summed E-state index contributed by atoms with van der Waals surface area (Å²) in [5.74, 6) is 0. The number of nitrogens with zero attached hydrogens (tertiary/aromatic N) is 1. The van der Waals surface area contributed by atoms with Gasteiger partial charge in [-0.15, -0.1) is 0 Å². The van der Waals surface area contributed by atoms with Gasteiger partial charge < -0.3 is 4.90 Å². The molecular formula is C23H22BrN. The van der Waals surface area contributed by atoms with Gasteiger partial charge >= 0.3 is 0 Å². The van der Waals surface area contributed by atoms with Crippen LogP contribution in [0.2, 0.25) is 0 Å². The fourth-order valence-corrected chi connectivity index (χ4v) is 4.84. The number of para-hydroxylation sites is 2. The fourth-order valence-electron chi connectivity index (χ4n) is 3.84. The first-order valence-corrected chi connectivity index (χ1v) is 9.72. The molecule has 0 radical (unpaired) electrons. The third kappa shape index (κ3) is 3.36. The van der Waals surface area contributed by atoms with Crippen LogP contribution in [0.4, 0.5) is 11.4 Å². The Balaban J connectivity index is 1.84. The van der Waals surface area contributed by atoms with E-state index in [0.29, 0.717) is 0 Å². The molecule has 0 saturated heterocycles. The molecule has 1 aliphatic heterocycles. The maximum atomic E-state index is 4.18. The Bertz CT molecular complexity index is 831. The lowest BCUT2D eigenvalue weighted by Gasteiger charge is -2.41. The number of rotatable bonds is 3. The van der Waals surface area contributed by atoms with Crippen LogP contribution in [0, 0.1) is 0 Å². The lowest BCUT2D eigenvalue weighted by atomic mass is 9.99. The van der Waals surface area contributed by atoms with Gasteiger partial charge in [-0.25, -0.2) is 0 Å². The average Bonchev–Trinajstić information content (AvgIpc) is 2.79. The highest BCUT2D eigenvalue weighted by Crippen LogP contribution is 2.46. The van der Waals surface area contributed by atoms with Gasteiger partial charge in [0.2, 0.25) is 0 Å². The van der Waals surface area contributed by atoms with Crippen molar-refractivity contribution in [2.75, 3.05) is 4.90 Å². The van der Waals surface area contributed by atoms with Crippen molar-refractivity contribution >= 4 is 27.3 Å². The van der Waals surface area contributed by atoms with Crippen LogP contribution in [0.15, 0.2) is 84.9 Å². The third-order valence-electron chi connectivity index (χ3n) is 4.97. The SMILES string of the molecule is BrC1(Cc2ccccc2)CCCc2ccccc2N1c1ccccc1. The first-order chi connectivity index (χ1) is 12.3. The van der Waals surface area contributed by atoms with Crippen LogP contribution in [0.5, 0.6) is 0 Å². The van der Waals surface area contributed by atoms with Gasteiger partial charge in [0.05, 0.1) is 0 Å². The zero-order valence-corrected chi connectivity index (χ0v) is 15.8. The van der Waals surface area contributed by atoms with Crippen molar-refractivity contribution in [2.24, 2.45) is 0 Å². The van der Waals surface area contributed by atoms with E-state index in [-0.39, 0.29) is 4.45 Å². The van der Waals surface area contributed by atoms with Crippen molar-refractivity contribution < 1.29 is 0 Å². The third-order valence-corrected chi connectivity index (χ3v) is 6.00. The van der Waals surface area contributed by atoms with E-state index in [4.69, 9.17) is 0 Å². The van der Waals surface area contributed by atoms with Crippen molar-refractivity contribution in [2.45, 2.75) is 30.1 Å². The van der Waals surface area contributed by atoms with Crippen LogP contribution in [-0.2, 0) is 12.8 Å². The normalized spacial score (nSPS) is 20.0. The summed E-state index contributed by atoms with van der Waals surface area (Å²) >= 11 is 4.18. The van der Waals surface area contributed by atoms with Crippen molar-refractivity contribution in [3.05, 3.63) is 96.1 Å². The second kappa shape index (κ2) is 7.05. The van der Waals surface area contributed by atoms with Gasteiger partial charge in [0, 0.05) is 17.8 Å². The van der Waals surface area contributed by atoms with Gasteiger partial charge in [0.15, 0.2) is 0 Å². The summed E-state index contributed by atoms with van der Waals surface area (Å²) in [5.41, 5.74) is 5.35. The summed E-state index contributed by atoms with van der Waals surface area (Å²) in [6, 6.07) is 30.4. The van der Waals surface area contributed by atoms with E-state index in [0.717, 1.165) is 19.3 Å². The zero-order chi connectivity index (χ0) is 17.1. The molecule has 0 aromatic heterocycles. The fraction of sp³-hybridized carbons (Fsp3) is 0.217. The molecule has 0 saturated carbocycles. The molecule has 4 rings (SSSR count). The molecule has 2 heteroatoms. The van der Waals surface area contributed by atoms with Gasteiger partial charge in [0.1, 0.15) is 4.45 Å². The summed E-state index contributed by atoms with van der Waals surface area (Å²) in [7, 11) is 0. The predicted octanol–water partition coefficient (Wildman–Crippen LogP) is 6.49. The quantitative estimate of drug-likeness (QED) is 0.364. The molecule has 0 spiro atoms. The number of benzene rings is 3. The molecule has 3 aromatic rings. The average molecular weight is 392 g/mol. The number of halogens is 1. The second-order valence-corrected chi connectivity index (χ2v) is 8.21. The Hall–Kier alpha value is -2.06. The molecule has 3 aromatic carbocycles. The van der Waals surface area contributed by atoms with Crippen molar-refractivity contribution in [3.63, 3.8) is 0 Å². The lowest BCUT2D eigenvalue weighted by molar-refractivity contribution is 0.547. The van der Waals surface area contributed by atoms with Crippen LogP contribution < -0.4 is 4.90 Å². The van der Waals surface area contributed by atoms with E-state index in [1.165, 1.54) is 28.9 Å². The molecular weight excluding hydrogens is 370 g/mol. The van der Waals surface area contributed by atoms with E-state index in [1.54, 1.807) is 0 Å². The molecule has 25 heavy (non-hydrogen) atoms. The first-order valence-electron chi connectivity index (χ1n) is 8.92. The van der Waals surface area contributed by atoms with Gasteiger partial charge in [-0.05, 0) is 48.6 Å². The van der Waals surface area contributed by atoms with E-state index in [9.17, 15) is 0 Å². The number of alkyl halides is 1. The standard InChI is InChI=1S/C23H22BrN/c24-23(18-19-10-3-1-4-11-19)17-9-13-20-12-7-8-16-22(20)25(23)21-14-5-2-6-15-21/h1-8,10-12,14-16H,9,13,17-18H2. The van der Waals surface area contributed by atoms with Gasteiger partial charge in [-0.2, -0.15) is 0 Å². The molecule has 1 atom stereocenters. The smallest absolute Gasteiger partial charge is 0.104 e. The minimum Gasteiger partial charge on any atom is -0.325 e.